The molecule has 0 aliphatic rings. The minimum atomic E-state index is -1.56. The first-order valence-electron chi connectivity index (χ1n) is 9.82. The van der Waals surface area contributed by atoms with Gasteiger partial charge in [0.1, 0.15) is 16.7 Å². The molecule has 1 atom stereocenters. The summed E-state index contributed by atoms with van der Waals surface area (Å²) in [6, 6.07) is 25.9. The Kier molecular flexibility index (Phi) is 8.44. The van der Waals surface area contributed by atoms with Crippen molar-refractivity contribution in [2.75, 3.05) is 6.61 Å². The first kappa shape index (κ1) is 22.8. The standard InChI is InChI=1S/C25H23ClO4S/c1-19-12-16-23(17-13-19)31(28)24(26)21(15-14-20-8-4-2-5-9-20)18-29-25(27)30-22-10-6-3-7-11-22/h2-13,16-17H,14-15,18H2,1H3/b24-21-. The summed E-state index contributed by atoms with van der Waals surface area (Å²) in [6.45, 7) is 1.86. The highest BCUT2D eigenvalue weighted by molar-refractivity contribution is 7.90. The van der Waals surface area contributed by atoms with Gasteiger partial charge < -0.3 is 9.47 Å². The second kappa shape index (κ2) is 11.5. The van der Waals surface area contributed by atoms with E-state index in [1.807, 2.05) is 55.5 Å². The maximum Gasteiger partial charge on any atom is 0.514 e. The van der Waals surface area contributed by atoms with Gasteiger partial charge in [-0.2, -0.15) is 0 Å². The van der Waals surface area contributed by atoms with Gasteiger partial charge in [-0.1, -0.05) is 77.8 Å². The summed E-state index contributed by atoms with van der Waals surface area (Å²) >= 11 is 6.53. The van der Waals surface area contributed by atoms with Gasteiger partial charge >= 0.3 is 6.16 Å². The fraction of sp³-hybridized carbons (Fsp3) is 0.160. The molecule has 160 valence electrons. The van der Waals surface area contributed by atoms with E-state index in [4.69, 9.17) is 21.1 Å². The molecule has 31 heavy (non-hydrogen) atoms. The Morgan fingerprint density at radius 2 is 1.52 bits per heavy atom. The Labute approximate surface area is 189 Å². The Morgan fingerprint density at radius 1 is 0.903 bits per heavy atom. The van der Waals surface area contributed by atoms with Crippen LogP contribution in [-0.2, 0) is 22.0 Å². The van der Waals surface area contributed by atoms with Crippen LogP contribution in [0.5, 0.6) is 5.75 Å². The minimum Gasteiger partial charge on any atom is -0.429 e. The van der Waals surface area contributed by atoms with Crippen molar-refractivity contribution in [1.29, 1.82) is 0 Å². The summed E-state index contributed by atoms with van der Waals surface area (Å²) in [6.07, 6.45) is 0.335. The molecule has 3 aromatic rings. The van der Waals surface area contributed by atoms with E-state index in [1.165, 1.54) is 0 Å². The Morgan fingerprint density at radius 3 is 2.16 bits per heavy atom. The number of para-hydroxylation sites is 1. The van der Waals surface area contributed by atoms with E-state index < -0.39 is 17.0 Å². The zero-order valence-corrected chi connectivity index (χ0v) is 18.7. The van der Waals surface area contributed by atoms with Gasteiger partial charge in [-0.15, -0.1) is 0 Å². The fourth-order valence-corrected chi connectivity index (χ4v) is 4.25. The highest BCUT2D eigenvalue weighted by atomic mass is 35.5. The van der Waals surface area contributed by atoms with Gasteiger partial charge in [-0.05, 0) is 55.2 Å². The van der Waals surface area contributed by atoms with Crippen molar-refractivity contribution in [3.05, 3.63) is 106 Å². The molecular formula is C25H23ClO4S. The summed E-state index contributed by atoms with van der Waals surface area (Å²) in [7, 11) is -1.56. The molecule has 0 heterocycles. The molecule has 0 aromatic heterocycles. The first-order valence-corrected chi connectivity index (χ1v) is 11.4. The van der Waals surface area contributed by atoms with E-state index in [0.717, 1.165) is 11.1 Å². The lowest BCUT2D eigenvalue weighted by Gasteiger charge is -2.12. The fourth-order valence-electron chi connectivity index (χ4n) is 2.82. The van der Waals surface area contributed by atoms with Crippen LogP contribution in [0.4, 0.5) is 4.79 Å². The lowest BCUT2D eigenvalue weighted by Crippen LogP contribution is -2.14. The molecule has 0 aliphatic carbocycles. The second-order valence-corrected chi connectivity index (χ2v) is 8.92. The summed E-state index contributed by atoms with van der Waals surface area (Å²) in [4.78, 5) is 12.7. The number of carbonyl (C=O) groups excluding carboxylic acids is 1. The van der Waals surface area contributed by atoms with Crippen molar-refractivity contribution in [1.82, 2.24) is 0 Å². The predicted molar refractivity (Wildman–Crippen MR) is 124 cm³/mol. The van der Waals surface area contributed by atoms with Crippen molar-refractivity contribution < 1.29 is 18.5 Å². The van der Waals surface area contributed by atoms with Gasteiger partial charge in [0, 0.05) is 4.90 Å². The Balaban J connectivity index is 1.74. The summed E-state index contributed by atoms with van der Waals surface area (Å²) < 4.78 is 23.6. The molecule has 3 aromatic carbocycles. The van der Waals surface area contributed by atoms with Crippen molar-refractivity contribution >= 4 is 28.6 Å². The van der Waals surface area contributed by atoms with Crippen LogP contribution in [0.1, 0.15) is 17.5 Å². The van der Waals surface area contributed by atoms with Crippen LogP contribution < -0.4 is 4.74 Å². The normalized spacial score (nSPS) is 12.6. The monoisotopic (exact) mass is 454 g/mol. The molecule has 0 spiro atoms. The zero-order chi connectivity index (χ0) is 22.1. The topological polar surface area (TPSA) is 52.6 Å². The van der Waals surface area contributed by atoms with E-state index in [9.17, 15) is 9.00 Å². The maximum atomic E-state index is 13.0. The quantitative estimate of drug-likeness (QED) is 0.292. The number of ether oxygens (including phenoxy) is 2. The van der Waals surface area contributed by atoms with E-state index >= 15 is 0 Å². The van der Waals surface area contributed by atoms with E-state index in [1.54, 1.807) is 36.4 Å². The van der Waals surface area contributed by atoms with Gasteiger partial charge in [-0.3, -0.25) is 0 Å². The third-order valence-electron chi connectivity index (χ3n) is 4.54. The molecule has 0 saturated heterocycles. The Hall–Kier alpha value is -2.89. The van der Waals surface area contributed by atoms with E-state index in [0.29, 0.717) is 29.1 Å². The van der Waals surface area contributed by atoms with Crippen molar-refractivity contribution in [3.8, 4) is 5.75 Å². The van der Waals surface area contributed by atoms with Crippen LogP contribution in [0.25, 0.3) is 0 Å². The highest BCUT2D eigenvalue weighted by Gasteiger charge is 2.17. The van der Waals surface area contributed by atoms with Crippen LogP contribution in [0.2, 0.25) is 0 Å². The van der Waals surface area contributed by atoms with Crippen molar-refractivity contribution in [2.24, 2.45) is 0 Å². The molecule has 4 nitrogen and oxygen atoms in total. The van der Waals surface area contributed by atoms with E-state index in [2.05, 4.69) is 0 Å². The van der Waals surface area contributed by atoms with Crippen molar-refractivity contribution in [2.45, 2.75) is 24.7 Å². The molecule has 0 bridgehead atoms. The second-order valence-electron chi connectivity index (χ2n) is 6.90. The number of halogens is 1. The third kappa shape index (κ3) is 7.09. The average molecular weight is 455 g/mol. The Bertz CT molecular complexity index is 1050. The van der Waals surface area contributed by atoms with Crippen molar-refractivity contribution in [3.63, 3.8) is 0 Å². The molecule has 0 amide bonds. The number of hydrogen-bond donors (Lipinski definition) is 0. The lowest BCUT2D eigenvalue weighted by molar-refractivity contribution is 0.107. The van der Waals surface area contributed by atoms with Crippen LogP contribution in [-0.4, -0.2) is 17.0 Å². The van der Waals surface area contributed by atoms with Gasteiger partial charge in [0.15, 0.2) is 0 Å². The summed E-state index contributed by atoms with van der Waals surface area (Å²) in [5.74, 6) is 0.386. The van der Waals surface area contributed by atoms with Gasteiger partial charge in [0.2, 0.25) is 0 Å². The first-order chi connectivity index (χ1) is 15.0. The smallest absolute Gasteiger partial charge is 0.429 e. The number of hydrogen-bond acceptors (Lipinski definition) is 4. The molecule has 0 fully saturated rings. The summed E-state index contributed by atoms with van der Waals surface area (Å²) in [5, 5.41) is 0. The zero-order valence-electron chi connectivity index (χ0n) is 17.1. The van der Waals surface area contributed by atoms with E-state index in [-0.39, 0.29) is 11.0 Å². The maximum absolute atomic E-state index is 13.0. The molecule has 0 radical (unpaired) electrons. The van der Waals surface area contributed by atoms with Crippen LogP contribution in [0.15, 0.2) is 99.8 Å². The number of rotatable bonds is 8. The molecule has 1 unspecified atom stereocenters. The average Bonchev–Trinajstić information content (AvgIpc) is 2.80. The van der Waals surface area contributed by atoms with Crippen LogP contribution >= 0.6 is 11.6 Å². The van der Waals surface area contributed by atoms with Gasteiger partial charge in [-0.25, -0.2) is 9.00 Å². The number of aryl methyl sites for hydroxylation is 2. The van der Waals surface area contributed by atoms with Crippen LogP contribution in [0.3, 0.4) is 0 Å². The molecule has 0 saturated carbocycles. The van der Waals surface area contributed by atoms with Gasteiger partial charge in [0.25, 0.3) is 0 Å². The molecule has 0 aliphatic heterocycles. The van der Waals surface area contributed by atoms with Gasteiger partial charge in [0.05, 0.1) is 10.8 Å². The minimum absolute atomic E-state index is 0.102. The molecule has 3 rings (SSSR count). The lowest BCUT2D eigenvalue weighted by atomic mass is 10.1. The predicted octanol–water partition coefficient (Wildman–Crippen LogP) is 6.40. The SMILES string of the molecule is Cc1ccc(S(=O)/C(Cl)=C(/CCc2ccccc2)COC(=O)Oc2ccccc2)cc1. The molecule has 6 heteroatoms. The molecule has 0 N–H and O–H groups in total. The molecular weight excluding hydrogens is 432 g/mol. The largest absolute Gasteiger partial charge is 0.514 e. The number of benzene rings is 3. The number of carbonyl (C=O) groups is 1. The third-order valence-corrected chi connectivity index (χ3v) is 6.54. The summed E-state index contributed by atoms with van der Waals surface area (Å²) in [5.41, 5.74) is 2.77. The van der Waals surface area contributed by atoms with Crippen LogP contribution in [0, 0.1) is 6.92 Å². The highest BCUT2D eigenvalue weighted by Crippen LogP contribution is 2.25.